The van der Waals surface area contributed by atoms with Crippen molar-refractivity contribution in [3.05, 3.63) is 53.1 Å². The van der Waals surface area contributed by atoms with E-state index >= 15 is 0 Å². The fraction of sp³-hybridized carbons (Fsp3) is 0.167. The van der Waals surface area contributed by atoms with Gasteiger partial charge in [-0.15, -0.1) is 0 Å². The summed E-state index contributed by atoms with van der Waals surface area (Å²) in [6.07, 6.45) is 0.436. The maximum atomic E-state index is 12.4. The molecule has 0 aliphatic carbocycles. The van der Waals surface area contributed by atoms with E-state index in [1.165, 1.54) is 7.11 Å². The van der Waals surface area contributed by atoms with Gasteiger partial charge in [0.15, 0.2) is 0 Å². The van der Waals surface area contributed by atoms with Crippen LogP contribution in [0, 0.1) is 0 Å². The molecule has 0 atom stereocenters. The molecule has 0 aromatic heterocycles. The number of ether oxygens (including phenoxy) is 1. The highest BCUT2D eigenvalue weighted by atomic mass is 35.5. The summed E-state index contributed by atoms with van der Waals surface area (Å²) in [6, 6.07) is 11.2. The number of hydrogen-bond donors (Lipinski definition) is 1. The second-order valence-electron chi connectivity index (χ2n) is 5.47. The average molecular weight is 359 g/mol. The van der Waals surface area contributed by atoms with Crippen LogP contribution in [0.15, 0.2) is 42.5 Å². The van der Waals surface area contributed by atoms with Gasteiger partial charge in [0.1, 0.15) is 5.75 Å². The Labute approximate surface area is 149 Å². The summed E-state index contributed by atoms with van der Waals surface area (Å²) in [6.45, 7) is 0. The molecule has 1 fully saturated rings. The molecule has 0 spiro atoms. The average Bonchev–Trinajstić information content (AvgIpc) is 2.94. The van der Waals surface area contributed by atoms with E-state index in [0.29, 0.717) is 27.7 Å². The lowest BCUT2D eigenvalue weighted by Crippen LogP contribution is -2.28. The van der Waals surface area contributed by atoms with E-state index in [9.17, 15) is 14.4 Å². The molecule has 0 saturated carbocycles. The summed E-state index contributed by atoms with van der Waals surface area (Å²) in [4.78, 5) is 37.0. The lowest BCUT2D eigenvalue weighted by molar-refractivity contribution is -0.121. The third-order valence-electron chi connectivity index (χ3n) is 3.85. The standard InChI is InChI=1S/C18H15ClN2O4/c1-25-15-7-4-12(19)10-14(15)20-18(24)11-2-5-13(6-3-11)21-16(22)8-9-17(21)23/h2-7,10H,8-9H2,1H3,(H,20,24). The Morgan fingerprint density at radius 1 is 1.08 bits per heavy atom. The fourth-order valence-corrected chi connectivity index (χ4v) is 2.77. The Balaban J connectivity index is 1.79. The maximum absolute atomic E-state index is 12.4. The fourth-order valence-electron chi connectivity index (χ4n) is 2.60. The van der Waals surface area contributed by atoms with E-state index in [1.807, 2.05) is 0 Å². The largest absolute Gasteiger partial charge is 0.495 e. The zero-order valence-electron chi connectivity index (χ0n) is 13.4. The minimum atomic E-state index is -0.355. The molecule has 0 radical (unpaired) electrons. The lowest BCUT2D eigenvalue weighted by Gasteiger charge is -2.14. The van der Waals surface area contributed by atoms with Gasteiger partial charge in [-0.1, -0.05) is 11.6 Å². The molecule has 0 bridgehead atoms. The first-order valence-corrected chi connectivity index (χ1v) is 7.98. The van der Waals surface area contributed by atoms with Crippen LogP contribution in [0.25, 0.3) is 0 Å². The number of halogens is 1. The molecule has 0 unspecified atom stereocenters. The van der Waals surface area contributed by atoms with Gasteiger partial charge in [0.2, 0.25) is 11.8 Å². The molecule has 128 valence electrons. The van der Waals surface area contributed by atoms with Gasteiger partial charge in [-0.05, 0) is 42.5 Å². The number of anilines is 2. The molecule has 3 amide bonds. The van der Waals surface area contributed by atoms with Crippen molar-refractivity contribution in [3.8, 4) is 5.75 Å². The molecule has 2 aromatic carbocycles. The molecule has 6 nitrogen and oxygen atoms in total. The number of benzene rings is 2. The van der Waals surface area contributed by atoms with Gasteiger partial charge in [-0.3, -0.25) is 19.3 Å². The van der Waals surface area contributed by atoms with Crippen LogP contribution in [0.5, 0.6) is 5.75 Å². The van der Waals surface area contributed by atoms with E-state index in [-0.39, 0.29) is 30.6 Å². The lowest BCUT2D eigenvalue weighted by atomic mass is 10.1. The number of hydrogen-bond acceptors (Lipinski definition) is 4. The highest BCUT2D eigenvalue weighted by molar-refractivity contribution is 6.31. The van der Waals surface area contributed by atoms with Crippen LogP contribution in [0.3, 0.4) is 0 Å². The van der Waals surface area contributed by atoms with E-state index in [4.69, 9.17) is 16.3 Å². The Hall–Kier alpha value is -2.86. The second kappa shape index (κ2) is 6.94. The minimum Gasteiger partial charge on any atom is -0.495 e. The quantitative estimate of drug-likeness (QED) is 0.851. The first-order valence-electron chi connectivity index (χ1n) is 7.60. The van der Waals surface area contributed by atoms with E-state index in [2.05, 4.69) is 5.32 Å². The topological polar surface area (TPSA) is 75.7 Å². The highest BCUT2D eigenvalue weighted by Gasteiger charge is 2.30. The van der Waals surface area contributed by atoms with Gasteiger partial charge in [0.05, 0.1) is 18.5 Å². The number of amides is 3. The van der Waals surface area contributed by atoms with Crippen LogP contribution in [0.2, 0.25) is 5.02 Å². The van der Waals surface area contributed by atoms with Crippen molar-refractivity contribution in [2.75, 3.05) is 17.3 Å². The molecule has 1 N–H and O–H groups in total. The van der Waals surface area contributed by atoms with E-state index in [1.54, 1.807) is 42.5 Å². The third-order valence-corrected chi connectivity index (χ3v) is 4.08. The molecule has 7 heteroatoms. The third kappa shape index (κ3) is 3.49. The SMILES string of the molecule is COc1ccc(Cl)cc1NC(=O)c1ccc(N2C(=O)CCC2=O)cc1. The first-order chi connectivity index (χ1) is 12.0. The van der Waals surface area contributed by atoms with Crippen molar-refractivity contribution in [2.45, 2.75) is 12.8 Å². The van der Waals surface area contributed by atoms with Crippen LogP contribution in [0.1, 0.15) is 23.2 Å². The van der Waals surface area contributed by atoms with Gasteiger partial charge in [-0.25, -0.2) is 0 Å². The van der Waals surface area contributed by atoms with Crippen LogP contribution in [0.4, 0.5) is 11.4 Å². The number of nitrogens with one attached hydrogen (secondary N) is 1. The normalized spacial score (nSPS) is 13.9. The molecular weight excluding hydrogens is 344 g/mol. The minimum absolute atomic E-state index is 0.218. The van der Waals surface area contributed by atoms with Crippen molar-refractivity contribution in [1.29, 1.82) is 0 Å². The van der Waals surface area contributed by atoms with Gasteiger partial charge in [0.25, 0.3) is 5.91 Å². The molecule has 3 rings (SSSR count). The number of carbonyl (C=O) groups is 3. The number of nitrogens with zero attached hydrogens (tertiary/aromatic N) is 1. The van der Waals surface area contributed by atoms with Crippen molar-refractivity contribution in [3.63, 3.8) is 0 Å². The summed E-state index contributed by atoms with van der Waals surface area (Å²) in [7, 11) is 1.50. The molecular formula is C18H15ClN2O4. The molecule has 1 aliphatic rings. The van der Waals surface area contributed by atoms with Crippen molar-refractivity contribution in [1.82, 2.24) is 0 Å². The van der Waals surface area contributed by atoms with E-state index < -0.39 is 0 Å². The number of carbonyl (C=O) groups excluding carboxylic acids is 3. The predicted octanol–water partition coefficient (Wildman–Crippen LogP) is 3.25. The number of rotatable bonds is 4. The summed E-state index contributed by atoms with van der Waals surface area (Å²) in [5.41, 5.74) is 1.29. The second-order valence-corrected chi connectivity index (χ2v) is 5.90. The first kappa shape index (κ1) is 17.0. The summed E-state index contributed by atoms with van der Waals surface area (Å²) >= 11 is 5.95. The summed E-state index contributed by atoms with van der Waals surface area (Å²) < 4.78 is 5.19. The van der Waals surface area contributed by atoms with Gasteiger partial charge >= 0.3 is 0 Å². The van der Waals surface area contributed by atoms with Crippen molar-refractivity contribution < 1.29 is 19.1 Å². The van der Waals surface area contributed by atoms with Crippen molar-refractivity contribution in [2.24, 2.45) is 0 Å². The van der Waals surface area contributed by atoms with Gasteiger partial charge in [-0.2, -0.15) is 0 Å². The molecule has 1 heterocycles. The van der Waals surface area contributed by atoms with Crippen LogP contribution in [-0.2, 0) is 9.59 Å². The van der Waals surface area contributed by atoms with Gasteiger partial charge < -0.3 is 10.1 Å². The summed E-state index contributed by atoms with van der Waals surface area (Å²) in [5, 5.41) is 3.20. The van der Waals surface area contributed by atoms with Crippen LogP contribution >= 0.6 is 11.6 Å². The van der Waals surface area contributed by atoms with Crippen molar-refractivity contribution >= 4 is 40.7 Å². The zero-order valence-corrected chi connectivity index (χ0v) is 14.2. The Kier molecular flexibility index (Phi) is 4.72. The highest BCUT2D eigenvalue weighted by Crippen LogP contribution is 2.28. The maximum Gasteiger partial charge on any atom is 0.255 e. The Morgan fingerprint density at radius 3 is 2.32 bits per heavy atom. The molecule has 1 aliphatic heterocycles. The molecule has 25 heavy (non-hydrogen) atoms. The van der Waals surface area contributed by atoms with E-state index in [0.717, 1.165) is 4.90 Å². The number of imide groups is 1. The monoisotopic (exact) mass is 358 g/mol. The Morgan fingerprint density at radius 2 is 1.72 bits per heavy atom. The van der Waals surface area contributed by atoms with Crippen LogP contribution < -0.4 is 15.0 Å². The summed E-state index contributed by atoms with van der Waals surface area (Å²) in [5.74, 6) is -0.328. The van der Waals surface area contributed by atoms with Crippen LogP contribution in [-0.4, -0.2) is 24.8 Å². The molecule has 2 aromatic rings. The van der Waals surface area contributed by atoms with Gasteiger partial charge in [0, 0.05) is 23.4 Å². The molecule has 1 saturated heterocycles. The smallest absolute Gasteiger partial charge is 0.255 e. The Bertz CT molecular complexity index is 833. The zero-order chi connectivity index (χ0) is 18.0. The predicted molar refractivity (Wildman–Crippen MR) is 94.1 cm³/mol. The number of methoxy groups -OCH3 is 1.